The second kappa shape index (κ2) is 13.2. The molecule has 11 heteroatoms. The molecule has 3 heterocycles. The number of amides is 1. The molecule has 3 unspecified atom stereocenters. The summed E-state index contributed by atoms with van der Waals surface area (Å²) in [5.74, 6) is 0.739. The summed E-state index contributed by atoms with van der Waals surface area (Å²) in [4.78, 5) is 34.5. The van der Waals surface area contributed by atoms with Gasteiger partial charge in [-0.05, 0) is 50.4 Å². The van der Waals surface area contributed by atoms with Crippen LogP contribution >= 0.6 is 0 Å². The highest BCUT2D eigenvalue weighted by atomic mass is 16.7. The second-order valence-electron chi connectivity index (χ2n) is 10.2. The van der Waals surface area contributed by atoms with Gasteiger partial charge >= 0.3 is 5.97 Å². The average Bonchev–Trinajstić information content (AvgIpc) is 3.65. The number of rotatable bonds is 14. The van der Waals surface area contributed by atoms with Crippen molar-refractivity contribution in [2.45, 2.75) is 57.9 Å². The second-order valence-corrected chi connectivity index (χ2v) is 10.2. The summed E-state index contributed by atoms with van der Waals surface area (Å²) in [6.07, 6.45) is 5.21. The molecule has 0 saturated carbocycles. The molecule has 39 heavy (non-hydrogen) atoms. The van der Waals surface area contributed by atoms with Crippen LogP contribution in [-0.2, 0) is 16.0 Å². The number of fused-ring (bicyclic) bond motifs is 1. The van der Waals surface area contributed by atoms with Gasteiger partial charge in [-0.2, -0.15) is 0 Å². The predicted octanol–water partition coefficient (Wildman–Crippen LogP) is 2.80. The molecule has 2 aromatic rings. The summed E-state index contributed by atoms with van der Waals surface area (Å²) >= 11 is 0. The lowest BCUT2D eigenvalue weighted by Crippen LogP contribution is -2.45. The van der Waals surface area contributed by atoms with Crippen molar-refractivity contribution in [2.24, 2.45) is 11.7 Å². The van der Waals surface area contributed by atoms with Crippen LogP contribution in [0, 0.1) is 12.8 Å². The number of unbranched alkanes of at least 4 members (excludes halogenated alkanes) is 1. The Morgan fingerprint density at radius 1 is 1.26 bits per heavy atom. The molecule has 0 bridgehead atoms. The molecule has 11 nitrogen and oxygen atoms in total. The van der Waals surface area contributed by atoms with Crippen molar-refractivity contribution in [3.63, 3.8) is 0 Å². The highest BCUT2D eigenvalue weighted by Crippen LogP contribution is 2.47. The number of hydrogen-bond acceptors (Lipinski definition) is 9. The normalized spacial score (nSPS) is 20.4. The van der Waals surface area contributed by atoms with Crippen molar-refractivity contribution in [3.8, 4) is 17.2 Å². The fourth-order valence-corrected chi connectivity index (χ4v) is 5.61. The third-order valence-corrected chi connectivity index (χ3v) is 7.57. The number of benzene rings is 1. The van der Waals surface area contributed by atoms with Gasteiger partial charge in [-0.15, -0.1) is 0 Å². The van der Waals surface area contributed by atoms with E-state index in [-0.39, 0.29) is 25.2 Å². The first-order valence-corrected chi connectivity index (χ1v) is 13.7. The van der Waals surface area contributed by atoms with Crippen molar-refractivity contribution in [1.29, 1.82) is 0 Å². The van der Waals surface area contributed by atoms with Crippen LogP contribution in [0.2, 0.25) is 0 Å². The quantitative estimate of drug-likeness (QED) is 0.365. The van der Waals surface area contributed by atoms with Gasteiger partial charge in [0.15, 0.2) is 17.4 Å². The van der Waals surface area contributed by atoms with Crippen LogP contribution in [0.3, 0.4) is 0 Å². The topological polar surface area (TPSA) is 141 Å². The molecule has 2 aliphatic rings. The Morgan fingerprint density at radius 3 is 2.72 bits per heavy atom. The minimum atomic E-state index is -0.911. The molecule has 2 aliphatic heterocycles. The highest BCUT2D eigenvalue weighted by Gasteiger charge is 2.47. The number of carboxylic acids is 1. The number of carbonyl (C=O) groups excluding carboxylic acids is 1. The number of methoxy groups -OCH3 is 1. The third-order valence-electron chi connectivity index (χ3n) is 7.57. The van der Waals surface area contributed by atoms with Crippen LogP contribution in [0.1, 0.15) is 55.7 Å². The van der Waals surface area contributed by atoms with E-state index >= 15 is 0 Å². The summed E-state index contributed by atoms with van der Waals surface area (Å²) < 4.78 is 22.3. The van der Waals surface area contributed by atoms with Crippen molar-refractivity contribution in [3.05, 3.63) is 35.5 Å². The molecule has 1 saturated heterocycles. The minimum absolute atomic E-state index is 0.0121. The summed E-state index contributed by atoms with van der Waals surface area (Å²) in [7, 11) is 1.54. The molecule has 1 amide bonds. The number of likely N-dealkylation sites (tertiary alicyclic amines) is 1. The van der Waals surface area contributed by atoms with Crippen LogP contribution in [0.25, 0.3) is 0 Å². The Bertz CT molecular complexity index is 1130. The maximum atomic E-state index is 13.5. The lowest BCUT2D eigenvalue weighted by atomic mass is 9.83. The number of hydrogen-bond donors (Lipinski definition) is 2. The monoisotopic (exact) mass is 544 g/mol. The number of carboxylic acid groups (broad SMARTS) is 1. The van der Waals surface area contributed by atoms with Crippen molar-refractivity contribution < 1.29 is 33.3 Å². The van der Waals surface area contributed by atoms with E-state index in [4.69, 9.17) is 24.4 Å². The number of carbonyl (C=O) groups is 2. The number of ether oxygens (including phenoxy) is 3. The zero-order valence-corrected chi connectivity index (χ0v) is 23.1. The molecule has 3 N–H and O–H groups in total. The number of nitrogens with zero attached hydrogens (tertiary/aromatic N) is 3. The van der Waals surface area contributed by atoms with E-state index in [1.54, 1.807) is 13.3 Å². The van der Waals surface area contributed by atoms with Gasteiger partial charge in [0.25, 0.3) is 0 Å². The van der Waals surface area contributed by atoms with E-state index in [2.05, 4.69) is 11.9 Å². The molecule has 1 aromatic heterocycles. The predicted molar refractivity (Wildman–Crippen MR) is 143 cm³/mol. The maximum Gasteiger partial charge on any atom is 0.308 e. The molecule has 3 atom stereocenters. The SMILES string of the molecule is CCCCN(CCCN)C(=O)CN1CC(c2cc(OC)c3c(c2)OCO3)C(C(=O)O)C1CCc1ncc(C)o1. The largest absolute Gasteiger partial charge is 0.493 e. The summed E-state index contributed by atoms with van der Waals surface area (Å²) in [6, 6.07) is 3.26. The minimum Gasteiger partial charge on any atom is -0.493 e. The zero-order chi connectivity index (χ0) is 27.9. The Labute approximate surface area is 229 Å². The lowest BCUT2D eigenvalue weighted by Gasteiger charge is -2.29. The first-order valence-electron chi connectivity index (χ1n) is 13.7. The van der Waals surface area contributed by atoms with Crippen molar-refractivity contribution in [2.75, 3.05) is 46.6 Å². The van der Waals surface area contributed by atoms with E-state index in [9.17, 15) is 14.7 Å². The molecule has 0 spiro atoms. The molecule has 1 fully saturated rings. The molecule has 4 rings (SSSR count). The van der Waals surface area contributed by atoms with Crippen LogP contribution in [0.15, 0.2) is 22.7 Å². The van der Waals surface area contributed by atoms with Crippen LogP contribution in [-0.4, -0.2) is 84.4 Å². The lowest BCUT2D eigenvalue weighted by molar-refractivity contribution is -0.143. The molecule has 0 aliphatic carbocycles. The summed E-state index contributed by atoms with van der Waals surface area (Å²) in [6.45, 7) is 6.29. The van der Waals surface area contributed by atoms with Gasteiger partial charge in [0, 0.05) is 38.0 Å². The highest BCUT2D eigenvalue weighted by molar-refractivity contribution is 5.79. The standard InChI is InChI=1S/C28H40N4O7/c1-4-5-10-31(11-6-9-29)25(33)16-32-15-20(19-12-22(36-3)27-23(13-19)37-17-38-27)26(28(34)35)21(32)7-8-24-30-14-18(2)39-24/h12-14,20-21,26H,4-11,15-17,29H2,1-3H3,(H,34,35). The van der Waals surface area contributed by atoms with E-state index in [1.165, 1.54) is 0 Å². The molecule has 214 valence electrons. The van der Waals surface area contributed by atoms with Gasteiger partial charge in [0.05, 0.1) is 25.8 Å². The molecule has 1 aromatic carbocycles. The van der Waals surface area contributed by atoms with Gasteiger partial charge in [0.1, 0.15) is 5.76 Å². The van der Waals surface area contributed by atoms with Crippen LogP contribution in [0.5, 0.6) is 17.2 Å². The van der Waals surface area contributed by atoms with Crippen molar-refractivity contribution >= 4 is 11.9 Å². The Balaban J connectivity index is 1.63. The summed E-state index contributed by atoms with van der Waals surface area (Å²) in [5, 5.41) is 10.5. The van der Waals surface area contributed by atoms with Crippen molar-refractivity contribution in [1.82, 2.24) is 14.8 Å². The zero-order valence-electron chi connectivity index (χ0n) is 23.1. The molecular formula is C28H40N4O7. The van der Waals surface area contributed by atoms with E-state index in [0.717, 1.165) is 24.8 Å². The van der Waals surface area contributed by atoms with E-state index < -0.39 is 17.9 Å². The van der Waals surface area contributed by atoms with Gasteiger partial charge in [0.2, 0.25) is 18.4 Å². The number of aromatic nitrogens is 1. The Morgan fingerprint density at radius 2 is 2.05 bits per heavy atom. The van der Waals surface area contributed by atoms with Crippen LogP contribution < -0.4 is 19.9 Å². The fourth-order valence-electron chi connectivity index (χ4n) is 5.61. The number of oxazole rings is 1. The van der Waals surface area contributed by atoms with E-state index in [0.29, 0.717) is 67.9 Å². The first-order chi connectivity index (χ1) is 18.9. The maximum absolute atomic E-state index is 13.5. The summed E-state index contributed by atoms with van der Waals surface area (Å²) in [5.41, 5.74) is 6.51. The smallest absolute Gasteiger partial charge is 0.308 e. The molecule has 0 radical (unpaired) electrons. The number of aliphatic carboxylic acids is 1. The first kappa shape index (κ1) is 28.7. The van der Waals surface area contributed by atoms with Gasteiger partial charge in [-0.3, -0.25) is 14.5 Å². The fraction of sp³-hybridized carbons (Fsp3) is 0.607. The average molecular weight is 545 g/mol. The Hall–Kier alpha value is -3.31. The number of nitrogens with two attached hydrogens (primary N) is 1. The van der Waals surface area contributed by atoms with E-state index in [1.807, 2.05) is 28.9 Å². The van der Waals surface area contributed by atoms with Gasteiger partial charge < -0.3 is 34.4 Å². The Kier molecular flexibility index (Phi) is 9.68. The molecular weight excluding hydrogens is 504 g/mol. The van der Waals surface area contributed by atoms with Gasteiger partial charge in [-0.1, -0.05) is 13.3 Å². The van der Waals surface area contributed by atoms with Gasteiger partial charge in [-0.25, -0.2) is 4.98 Å². The van der Waals surface area contributed by atoms with Crippen LogP contribution in [0.4, 0.5) is 0 Å². The number of aryl methyl sites for hydroxylation is 2. The third kappa shape index (κ3) is 6.65.